The van der Waals surface area contributed by atoms with Gasteiger partial charge >= 0.3 is 0 Å². The second kappa shape index (κ2) is 6.61. The minimum absolute atomic E-state index is 1.03. The summed E-state index contributed by atoms with van der Waals surface area (Å²) in [5.41, 5.74) is 15.1. The molecule has 0 fully saturated rings. The summed E-state index contributed by atoms with van der Waals surface area (Å²) in [6.07, 6.45) is 0. The van der Waals surface area contributed by atoms with Gasteiger partial charge in [-0.05, 0) is 92.3 Å². The van der Waals surface area contributed by atoms with Crippen LogP contribution in [0.1, 0.15) is 0 Å². The Bertz CT molecular complexity index is 1140. The third kappa shape index (κ3) is 2.67. The van der Waals surface area contributed by atoms with Gasteiger partial charge < -0.3 is 11.5 Å². The van der Waals surface area contributed by atoms with E-state index in [9.17, 15) is 0 Å². The van der Waals surface area contributed by atoms with E-state index in [1.54, 1.807) is 0 Å². The standard InChI is InChI=1S/C26H20N2/c27-19-13-9-17(10-14-19)25-21-5-1-2-6-22(21)26(18-11-15-20(28)16-12-18)24-8-4-3-7-23(24)25/h1-16H,27-28H2/p+2. The highest BCUT2D eigenvalue weighted by molar-refractivity contribution is 6.21. The summed E-state index contributed by atoms with van der Waals surface area (Å²) in [7, 11) is 0. The third-order valence-electron chi connectivity index (χ3n) is 5.42. The second-order valence-corrected chi connectivity index (χ2v) is 7.24. The van der Waals surface area contributed by atoms with Crippen molar-refractivity contribution in [2.75, 3.05) is 0 Å². The van der Waals surface area contributed by atoms with Crippen LogP contribution in [0.25, 0.3) is 43.8 Å². The molecule has 0 bridgehead atoms. The minimum atomic E-state index is 1.03. The first-order valence-corrected chi connectivity index (χ1v) is 9.50. The fraction of sp³-hybridized carbons (Fsp3) is 0. The van der Waals surface area contributed by atoms with Crippen LogP contribution in [0, 0.1) is 0 Å². The van der Waals surface area contributed by atoms with Crippen molar-refractivity contribution in [3.8, 4) is 22.3 Å². The molecule has 0 saturated heterocycles. The van der Waals surface area contributed by atoms with Gasteiger partial charge in [-0.25, -0.2) is 0 Å². The average Bonchev–Trinajstić information content (AvgIpc) is 2.74. The zero-order valence-electron chi connectivity index (χ0n) is 15.7. The van der Waals surface area contributed by atoms with E-state index in [1.165, 1.54) is 43.8 Å². The van der Waals surface area contributed by atoms with Crippen LogP contribution in [-0.2, 0) is 0 Å². The molecule has 0 aliphatic rings. The van der Waals surface area contributed by atoms with Gasteiger partial charge in [0.15, 0.2) is 0 Å². The molecule has 0 aliphatic carbocycles. The van der Waals surface area contributed by atoms with E-state index >= 15 is 0 Å². The number of hydrogen-bond donors (Lipinski definition) is 2. The van der Waals surface area contributed by atoms with Crippen LogP contribution in [0.15, 0.2) is 97.1 Å². The summed E-state index contributed by atoms with van der Waals surface area (Å²) in [5, 5.41) is 5.08. The van der Waals surface area contributed by atoms with E-state index in [2.05, 4.69) is 109 Å². The summed E-state index contributed by atoms with van der Waals surface area (Å²) >= 11 is 0. The van der Waals surface area contributed by atoms with Gasteiger partial charge in [-0.1, -0.05) is 48.5 Å². The molecular formula is C26H22N2+2. The smallest absolute Gasteiger partial charge is 0.127 e. The zero-order chi connectivity index (χ0) is 19.1. The van der Waals surface area contributed by atoms with Crippen molar-refractivity contribution >= 4 is 32.9 Å². The lowest BCUT2D eigenvalue weighted by Crippen LogP contribution is -2.39. The van der Waals surface area contributed by atoms with Crippen LogP contribution in [0.2, 0.25) is 0 Å². The van der Waals surface area contributed by atoms with E-state index in [4.69, 9.17) is 0 Å². The van der Waals surface area contributed by atoms with Gasteiger partial charge in [0.2, 0.25) is 0 Å². The van der Waals surface area contributed by atoms with E-state index in [0.29, 0.717) is 0 Å². The molecule has 6 N–H and O–H groups in total. The van der Waals surface area contributed by atoms with Crippen LogP contribution in [0.3, 0.4) is 0 Å². The lowest BCUT2D eigenvalue weighted by molar-refractivity contribution is -0.255. The Labute approximate surface area is 164 Å². The molecule has 0 atom stereocenters. The van der Waals surface area contributed by atoms with E-state index in [1.807, 2.05) is 0 Å². The topological polar surface area (TPSA) is 55.3 Å². The Morgan fingerprint density at radius 1 is 0.357 bits per heavy atom. The molecule has 0 heterocycles. The molecule has 5 aromatic carbocycles. The maximum Gasteiger partial charge on any atom is 0.127 e. The average molecular weight is 362 g/mol. The number of rotatable bonds is 2. The highest BCUT2D eigenvalue weighted by Crippen LogP contribution is 2.43. The van der Waals surface area contributed by atoms with Crippen molar-refractivity contribution in [1.29, 1.82) is 0 Å². The van der Waals surface area contributed by atoms with Crippen LogP contribution in [0.4, 0.5) is 11.4 Å². The molecule has 28 heavy (non-hydrogen) atoms. The molecule has 5 aromatic rings. The van der Waals surface area contributed by atoms with E-state index in [-0.39, 0.29) is 0 Å². The Morgan fingerprint density at radius 2 is 0.643 bits per heavy atom. The van der Waals surface area contributed by atoms with Gasteiger partial charge in [0.1, 0.15) is 11.4 Å². The van der Waals surface area contributed by atoms with Gasteiger partial charge in [-0.2, -0.15) is 0 Å². The molecule has 0 spiro atoms. The minimum Gasteiger partial charge on any atom is -0.325 e. The van der Waals surface area contributed by atoms with Gasteiger partial charge in [0.25, 0.3) is 0 Å². The maximum absolute atomic E-state index is 4.04. The maximum atomic E-state index is 4.04. The van der Waals surface area contributed by atoms with E-state index < -0.39 is 0 Å². The molecule has 0 amide bonds. The molecule has 2 heteroatoms. The fourth-order valence-electron chi connectivity index (χ4n) is 4.09. The molecule has 0 aliphatic heterocycles. The van der Waals surface area contributed by atoms with Crippen molar-refractivity contribution in [1.82, 2.24) is 0 Å². The van der Waals surface area contributed by atoms with Gasteiger partial charge in [-0.3, -0.25) is 0 Å². The SMILES string of the molecule is [NH3+]c1ccc(-c2c3ccccc3c(-c3ccc([NH3+])cc3)c3ccccc23)cc1. The first-order valence-electron chi connectivity index (χ1n) is 9.50. The summed E-state index contributed by atoms with van der Waals surface area (Å²) < 4.78 is 0. The zero-order valence-corrected chi connectivity index (χ0v) is 15.7. The summed E-state index contributed by atoms with van der Waals surface area (Å²) in [5.74, 6) is 0. The molecular weight excluding hydrogens is 340 g/mol. The van der Waals surface area contributed by atoms with Crippen molar-refractivity contribution in [3.63, 3.8) is 0 Å². The lowest BCUT2D eigenvalue weighted by atomic mass is 9.86. The van der Waals surface area contributed by atoms with Crippen molar-refractivity contribution in [2.24, 2.45) is 0 Å². The molecule has 2 nitrogen and oxygen atoms in total. The summed E-state index contributed by atoms with van der Waals surface area (Å²) in [4.78, 5) is 0. The Hall–Kier alpha value is -3.46. The van der Waals surface area contributed by atoms with Crippen LogP contribution in [-0.4, -0.2) is 0 Å². The number of fused-ring (bicyclic) bond motifs is 2. The molecule has 0 unspecified atom stereocenters. The van der Waals surface area contributed by atoms with Crippen molar-refractivity contribution in [3.05, 3.63) is 97.1 Å². The predicted octanol–water partition coefficient (Wildman–Crippen LogP) is 5.07. The third-order valence-corrected chi connectivity index (χ3v) is 5.42. The van der Waals surface area contributed by atoms with Crippen molar-refractivity contribution < 1.29 is 11.5 Å². The predicted molar refractivity (Wildman–Crippen MR) is 117 cm³/mol. The Kier molecular flexibility index (Phi) is 3.94. The molecule has 0 saturated carbocycles. The van der Waals surface area contributed by atoms with Crippen LogP contribution in [0.5, 0.6) is 0 Å². The molecule has 0 aromatic heterocycles. The highest BCUT2D eigenvalue weighted by atomic mass is 14.5. The first-order chi connectivity index (χ1) is 13.7. The summed E-state index contributed by atoms with van der Waals surface area (Å²) in [6, 6.07) is 34.4. The van der Waals surface area contributed by atoms with Gasteiger partial charge in [0, 0.05) is 0 Å². The first kappa shape index (κ1) is 16.7. The quantitative estimate of drug-likeness (QED) is 0.412. The normalized spacial score (nSPS) is 11.2. The van der Waals surface area contributed by atoms with E-state index in [0.717, 1.165) is 11.4 Å². The number of quaternary nitrogens is 2. The largest absolute Gasteiger partial charge is 0.325 e. The van der Waals surface area contributed by atoms with Gasteiger partial charge in [0.05, 0.1) is 0 Å². The number of hydrogen-bond acceptors (Lipinski definition) is 0. The molecule has 5 rings (SSSR count). The molecule has 134 valence electrons. The fourth-order valence-corrected chi connectivity index (χ4v) is 4.09. The molecule has 0 radical (unpaired) electrons. The Morgan fingerprint density at radius 3 is 0.929 bits per heavy atom. The summed E-state index contributed by atoms with van der Waals surface area (Å²) in [6.45, 7) is 0. The van der Waals surface area contributed by atoms with Crippen LogP contribution >= 0.6 is 0 Å². The lowest BCUT2D eigenvalue weighted by Gasteiger charge is -2.17. The highest BCUT2D eigenvalue weighted by Gasteiger charge is 2.16. The van der Waals surface area contributed by atoms with Gasteiger partial charge in [-0.15, -0.1) is 0 Å². The monoisotopic (exact) mass is 362 g/mol. The van der Waals surface area contributed by atoms with Crippen molar-refractivity contribution in [2.45, 2.75) is 0 Å². The Balaban J connectivity index is 1.96. The number of benzene rings is 5. The van der Waals surface area contributed by atoms with Crippen LogP contribution < -0.4 is 11.5 Å². The second-order valence-electron chi connectivity index (χ2n) is 7.24.